The molecule has 7 heteroatoms. The summed E-state index contributed by atoms with van der Waals surface area (Å²) in [5.41, 5.74) is 0.560. The van der Waals surface area contributed by atoms with Crippen molar-refractivity contribution in [2.45, 2.75) is 6.92 Å². The Hall–Kier alpha value is -2.20. The van der Waals surface area contributed by atoms with Crippen molar-refractivity contribution in [1.29, 1.82) is 0 Å². The molecule has 1 rings (SSSR count). The first-order valence-corrected chi connectivity index (χ1v) is 6.90. The van der Waals surface area contributed by atoms with Gasteiger partial charge in [0.15, 0.2) is 0 Å². The number of anilines is 1. The predicted molar refractivity (Wildman–Crippen MR) is 79.4 cm³/mol. The van der Waals surface area contributed by atoms with E-state index in [1.807, 2.05) is 0 Å². The zero-order valence-corrected chi connectivity index (χ0v) is 11.7. The molecule has 0 aromatic heterocycles. The van der Waals surface area contributed by atoms with Gasteiger partial charge in [-0.05, 0) is 13.0 Å². The number of carboxylic acids is 1. The third-order valence-electron chi connectivity index (χ3n) is 2.57. The van der Waals surface area contributed by atoms with E-state index in [2.05, 4.69) is 11.2 Å². The van der Waals surface area contributed by atoms with Crippen molar-refractivity contribution in [3.8, 4) is 12.3 Å². The van der Waals surface area contributed by atoms with Gasteiger partial charge in [-0.25, -0.2) is 4.79 Å². The van der Waals surface area contributed by atoms with E-state index in [0.717, 1.165) is 11.8 Å². The van der Waals surface area contributed by atoms with Crippen LogP contribution in [0.15, 0.2) is 12.1 Å². The molecular formula is C13H14N2O4S. The molecule has 2 N–H and O–H groups in total. The van der Waals surface area contributed by atoms with Crippen LogP contribution in [0.2, 0.25) is 0 Å². The van der Waals surface area contributed by atoms with Gasteiger partial charge in [0.25, 0.3) is 5.69 Å². The summed E-state index contributed by atoms with van der Waals surface area (Å²) in [6, 6.07) is 2.46. The van der Waals surface area contributed by atoms with Gasteiger partial charge in [-0.1, -0.05) is 5.92 Å². The van der Waals surface area contributed by atoms with Crippen LogP contribution in [-0.2, 0) is 0 Å². The van der Waals surface area contributed by atoms with Gasteiger partial charge in [-0.15, -0.1) is 18.2 Å². The van der Waals surface area contributed by atoms with E-state index < -0.39 is 10.9 Å². The summed E-state index contributed by atoms with van der Waals surface area (Å²) in [5, 5.41) is 22.9. The number of thioether (sulfide) groups is 1. The van der Waals surface area contributed by atoms with E-state index in [0.29, 0.717) is 23.5 Å². The molecule has 0 fully saturated rings. The molecule has 0 amide bonds. The van der Waals surface area contributed by atoms with Crippen LogP contribution in [0.5, 0.6) is 0 Å². The second-order valence-electron chi connectivity index (χ2n) is 3.91. The number of rotatable bonds is 7. The molecule has 0 unspecified atom stereocenters. The highest BCUT2D eigenvalue weighted by Crippen LogP contribution is 2.27. The first-order valence-electron chi connectivity index (χ1n) is 5.74. The Morgan fingerprint density at radius 1 is 1.60 bits per heavy atom. The maximum atomic E-state index is 11.0. The first-order chi connectivity index (χ1) is 9.47. The van der Waals surface area contributed by atoms with Gasteiger partial charge in [0.2, 0.25) is 0 Å². The Balaban J connectivity index is 2.91. The summed E-state index contributed by atoms with van der Waals surface area (Å²) in [5.74, 6) is 2.62. The van der Waals surface area contributed by atoms with E-state index in [9.17, 15) is 14.9 Å². The number of carboxylic acid groups (broad SMARTS) is 1. The molecule has 0 aliphatic rings. The maximum absolute atomic E-state index is 11.0. The van der Waals surface area contributed by atoms with Crippen molar-refractivity contribution in [3.05, 3.63) is 33.4 Å². The lowest BCUT2D eigenvalue weighted by Gasteiger charge is -2.10. The normalized spacial score (nSPS) is 9.80. The van der Waals surface area contributed by atoms with Crippen molar-refractivity contribution in [1.82, 2.24) is 0 Å². The molecule has 106 valence electrons. The lowest BCUT2D eigenvalue weighted by molar-refractivity contribution is -0.385. The monoisotopic (exact) mass is 294 g/mol. The van der Waals surface area contributed by atoms with Gasteiger partial charge in [-0.3, -0.25) is 10.1 Å². The smallest absolute Gasteiger partial charge is 0.336 e. The molecule has 1 aromatic rings. The fourth-order valence-corrected chi connectivity index (χ4v) is 2.09. The largest absolute Gasteiger partial charge is 0.478 e. The molecule has 0 aliphatic carbocycles. The molecule has 6 nitrogen and oxygen atoms in total. The van der Waals surface area contributed by atoms with Crippen LogP contribution in [0.4, 0.5) is 11.4 Å². The van der Waals surface area contributed by atoms with Gasteiger partial charge >= 0.3 is 5.97 Å². The number of nitro benzene ring substituents is 1. The molecule has 0 bridgehead atoms. The van der Waals surface area contributed by atoms with Crippen LogP contribution in [-0.4, -0.2) is 34.0 Å². The number of nitrogens with one attached hydrogen (secondary N) is 1. The summed E-state index contributed by atoms with van der Waals surface area (Å²) in [4.78, 5) is 21.3. The molecule has 1 aromatic carbocycles. The van der Waals surface area contributed by atoms with Crippen LogP contribution in [0.1, 0.15) is 15.9 Å². The molecule has 0 saturated carbocycles. The van der Waals surface area contributed by atoms with Crippen molar-refractivity contribution < 1.29 is 14.8 Å². The predicted octanol–water partition coefficient (Wildman–Crippen LogP) is 2.38. The summed E-state index contributed by atoms with van der Waals surface area (Å²) in [6.07, 6.45) is 5.12. The Morgan fingerprint density at radius 3 is 2.85 bits per heavy atom. The highest BCUT2D eigenvalue weighted by molar-refractivity contribution is 7.99. The lowest BCUT2D eigenvalue weighted by atomic mass is 10.1. The van der Waals surface area contributed by atoms with Crippen molar-refractivity contribution in [3.63, 3.8) is 0 Å². The molecule has 0 heterocycles. The number of terminal acetylenes is 1. The van der Waals surface area contributed by atoms with E-state index >= 15 is 0 Å². The van der Waals surface area contributed by atoms with Crippen LogP contribution in [0, 0.1) is 29.4 Å². The summed E-state index contributed by atoms with van der Waals surface area (Å²) < 4.78 is 0. The zero-order chi connectivity index (χ0) is 15.1. The number of hydrogen-bond donors (Lipinski definition) is 2. The van der Waals surface area contributed by atoms with Gasteiger partial charge in [0.1, 0.15) is 0 Å². The fraction of sp³-hybridized carbons (Fsp3) is 0.308. The molecule has 0 aliphatic heterocycles. The number of aromatic carboxylic acids is 1. The number of benzene rings is 1. The summed E-state index contributed by atoms with van der Waals surface area (Å²) >= 11 is 1.55. The van der Waals surface area contributed by atoms with Crippen LogP contribution >= 0.6 is 11.8 Å². The molecule has 20 heavy (non-hydrogen) atoms. The summed E-state index contributed by atoms with van der Waals surface area (Å²) in [6.45, 7) is 2.13. The SMILES string of the molecule is C#CCSCCNc1cc(C(=O)O)cc([N+](=O)[O-])c1C. The Bertz CT molecular complexity index is 566. The second-order valence-corrected chi connectivity index (χ2v) is 5.02. The van der Waals surface area contributed by atoms with Gasteiger partial charge in [-0.2, -0.15) is 0 Å². The quantitative estimate of drug-likeness (QED) is 0.347. The van der Waals surface area contributed by atoms with E-state index in [-0.39, 0.29) is 11.3 Å². The van der Waals surface area contributed by atoms with E-state index in [1.54, 1.807) is 18.7 Å². The van der Waals surface area contributed by atoms with Gasteiger partial charge < -0.3 is 10.4 Å². The van der Waals surface area contributed by atoms with Gasteiger partial charge in [0.05, 0.1) is 16.2 Å². The highest BCUT2D eigenvalue weighted by atomic mass is 32.2. The molecule has 0 saturated heterocycles. The van der Waals surface area contributed by atoms with E-state index in [4.69, 9.17) is 11.5 Å². The lowest BCUT2D eigenvalue weighted by Crippen LogP contribution is -2.09. The maximum Gasteiger partial charge on any atom is 0.336 e. The fourth-order valence-electron chi connectivity index (χ4n) is 1.58. The number of nitro groups is 1. The third kappa shape index (κ3) is 4.17. The van der Waals surface area contributed by atoms with Gasteiger partial charge in [0, 0.05) is 29.6 Å². The van der Waals surface area contributed by atoms with Crippen LogP contribution in [0.3, 0.4) is 0 Å². The number of nitrogens with zero attached hydrogens (tertiary/aromatic N) is 1. The first kappa shape index (κ1) is 15.9. The number of carbonyl (C=O) groups is 1. The van der Waals surface area contributed by atoms with Crippen molar-refractivity contribution in [2.75, 3.05) is 23.4 Å². The molecule has 0 atom stereocenters. The average molecular weight is 294 g/mol. The van der Waals surface area contributed by atoms with Crippen molar-refractivity contribution >= 4 is 29.1 Å². The minimum atomic E-state index is -1.20. The van der Waals surface area contributed by atoms with Crippen molar-refractivity contribution in [2.24, 2.45) is 0 Å². The second kappa shape index (κ2) is 7.40. The molecular weight excluding hydrogens is 280 g/mol. The minimum Gasteiger partial charge on any atom is -0.478 e. The third-order valence-corrected chi connectivity index (χ3v) is 3.43. The highest BCUT2D eigenvalue weighted by Gasteiger charge is 2.18. The molecule has 0 spiro atoms. The molecule has 0 radical (unpaired) electrons. The number of hydrogen-bond acceptors (Lipinski definition) is 5. The van der Waals surface area contributed by atoms with E-state index in [1.165, 1.54) is 6.07 Å². The topological polar surface area (TPSA) is 92.5 Å². The summed E-state index contributed by atoms with van der Waals surface area (Å²) in [7, 11) is 0. The van der Waals surface area contributed by atoms with Crippen LogP contribution in [0.25, 0.3) is 0 Å². The Kier molecular flexibility index (Phi) is 5.87. The van der Waals surface area contributed by atoms with Crippen LogP contribution < -0.4 is 5.32 Å². The average Bonchev–Trinajstić information content (AvgIpc) is 2.39. The minimum absolute atomic E-state index is 0.110. The Morgan fingerprint density at radius 2 is 2.30 bits per heavy atom. The standard InChI is InChI=1S/C13H14N2O4S/c1-3-5-20-6-4-14-11-7-10(13(16)17)8-12(9(11)2)15(18)19/h1,7-8,14H,4-6H2,2H3,(H,16,17). The Labute approximate surface area is 120 Å². The zero-order valence-electron chi connectivity index (χ0n) is 10.9.